The highest BCUT2D eigenvalue weighted by Gasteiger charge is 2.27. The minimum atomic E-state index is -0.211. The van der Waals surface area contributed by atoms with Crippen LogP contribution in [0.25, 0.3) is 0 Å². The largest absolute Gasteiger partial charge is 0.493 e. The van der Waals surface area contributed by atoms with Crippen molar-refractivity contribution in [3.8, 4) is 5.75 Å². The van der Waals surface area contributed by atoms with Crippen molar-refractivity contribution >= 4 is 5.91 Å². The number of methoxy groups -OCH3 is 1. The van der Waals surface area contributed by atoms with Crippen molar-refractivity contribution < 1.29 is 19.1 Å². The number of hydroxylamine groups is 1. The van der Waals surface area contributed by atoms with E-state index in [0.29, 0.717) is 26.2 Å². The summed E-state index contributed by atoms with van der Waals surface area (Å²) in [6.07, 6.45) is 0.663. The number of amides is 1. The van der Waals surface area contributed by atoms with Crippen LogP contribution >= 0.6 is 0 Å². The van der Waals surface area contributed by atoms with E-state index in [9.17, 15) is 4.79 Å². The molecule has 1 aliphatic heterocycles. The molecule has 1 unspecified atom stereocenters. The number of hydrogen-bond acceptors (Lipinski definition) is 4. The monoisotopic (exact) mass is 251 g/mol. The molecule has 2 rings (SSSR count). The van der Waals surface area contributed by atoms with Gasteiger partial charge >= 0.3 is 0 Å². The zero-order chi connectivity index (χ0) is 12.8. The molecule has 0 saturated carbocycles. The molecule has 1 N–H and O–H groups in total. The molecule has 1 aromatic rings. The van der Waals surface area contributed by atoms with Gasteiger partial charge in [0.05, 0.1) is 25.7 Å². The van der Waals surface area contributed by atoms with Gasteiger partial charge in [0.25, 0.3) is 5.91 Å². The molecule has 18 heavy (non-hydrogen) atoms. The molecule has 0 aromatic heterocycles. The molecule has 1 aliphatic rings. The molecule has 0 fully saturated rings. The lowest BCUT2D eigenvalue weighted by Gasteiger charge is -2.24. The molecule has 1 aromatic carbocycles. The molecule has 5 nitrogen and oxygen atoms in total. The Hall–Kier alpha value is -1.59. The Balaban J connectivity index is 1.95. The molecule has 0 bridgehead atoms. The second-order valence-corrected chi connectivity index (χ2v) is 4.04. The van der Waals surface area contributed by atoms with Crippen LogP contribution in [0.4, 0.5) is 0 Å². The van der Waals surface area contributed by atoms with Crippen LogP contribution in [0.15, 0.2) is 24.3 Å². The number of carbonyl (C=O) groups excluding carboxylic acids is 1. The Kier molecular flexibility index (Phi) is 4.55. The van der Waals surface area contributed by atoms with Gasteiger partial charge in [0, 0.05) is 12.7 Å². The number of para-hydroxylation sites is 1. The highest BCUT2D eigenvalue weighted by molar-refractivity contribution is 5.83. The van der Waals surface area contributed by atoms with Crippen LogP contribution in [-0.4, -0.2) is 32.8 Å². The predicted octanol–water partition coefficient (Wildman–Crippen LogP) is 1.25. The van der Waals surface area contributed by atoms with E-state index in [1.54, 1.807) is 7.11 Å². The first-order valence-electron chi connectivity index (χ1n) is 5.95. The van der Waals surface area contributed by atoms with Crippen molar-refractivity contribution in [1.29, 1.82) is 0 Å². The molecule has 98 valence electrons. The highest BCUT2D eigenvalue weighted by Crippen LogP contribution is 2.33. The fourth-order valence-electron chi connectivity index (χ4n) is 1.93. The number of rotatable bonds is 5. The Morgan fingerprint density at radius 3 is 3.11 bits per heavy atom. The summed E-state index contributed by atoms with van der Waals surface area (Å²) >= 11 is 0. The third kappa shape index (κ3) is 3.00. The number of benzene rings is 1. The van der Waals surface area contributed by atoms with Gasteiger partial charge in [0.2, 0.25) is 0 Å². The standard InChI is InChI=1S/C13H17NO4/c1-16-8-9-18-14-13(15)11-6-7-17-12-5-3-2-4-10(11)12/h2-5,11H,6-9H2,1H3,(H,14,15). The number of hydrogen-bond donors (Lipinski definition) is 1. The van der Waals surface area contributed by atoms with Crippen molar-refractivity contribution in [2.24, 2.45) is 0 Å². The van der Waals surface area contributed by atoms with Crippen LogP contribution in [-0.2, 0) is 14.4 Å². The average molecular weight is 251 g/mol. The van der Waals surface area contributed by atoms with E-state index in [-0.39, 0.29) is 11.8 Å². The minimum absolute atomic E-state index is 0.137. The first-order chi connectivity index (χ1) is 8.83. The van der Waals surface area contributed by atoms with Crippen molar-refractivity contribution in [3.63, 3.8) is 0 Å². The molecular formula is C13H17NO4. The topological polar surface area (TPSA) is 56.8 Å². The van der Waals surface area contributed by atoms with Gasteiger partial charge in [-0.2, -0.15) is 0 Å². The molecule has 0 saturated heterocycles. The molecule has 0 aliphatic carbocycles. The van der Waals surface area contributed by atoms with Gasteiger partial charge in [-0.05, 0) is 12.5 Å². The van der Waals surface area contributed by atoms with Crippen LogP contribution < -0.4 is 10.2 Å². The molecule has 1 amide bonds. The van der Waals surface area contributed by atoms with Crippen molar-refractivity contribution in [2.45, 2.75) is 12.3 Å². The lowest BCUT2D eigenvalue weighted by Crippen LogP contribution is -2.33. The van der Waals surface area contributed by atoms with E-state index in [1.807, 2.05) is 24.3 Å². The van der Waals surface area contributed by atoms with Gasteiger partial charge in [-0.1, -0.05) is 18.2 Å². The number of fused-ring (bicyclic) bond motifs is 1. The van der Waals surface area contributed by atoms with Crippen molar-refractivity contribution in [3.05, 3.63) is 29.8 Å². The maximum atomic E-state index is 12.0. The first-order valence-corrected chi connectivity index (χ1v) is 5.95. The lowest BCUT2D eigenvalue weighted by atomic mass is 9.93. The summed E-state index contributed by atoms with van der Waals surface area (Å²) < 4.78 is 10.3. The fourth-order valence-corrected chi connectivity index (χ4v) is 1.93. The number of nitrogens with one attached hydrogen (secondary N) is 1. The summed E-state index contributed by atoms with van der Waals surface area (Å²) in [4.78, 5) is 17.0. The average Bonchev–Trinajstić information content (AvgIpc) is 2.43. The predicted molar refractivity (Wildman–Crippen MR) is 65.3 cm³/mol. The zero-order valence-electron chi connectivity index (χ0n) is 10.3. The maximum Gasteiger partial charge on any atom is 0.251 e. The van der Waals surface area contributed by atoms with Crippen LogP contribution in [0.2, 0.25) is 0 Å². The summed E-state index contributed by atoms with van der Waals surface area (Å²) in [5, 5.41) is 0. The second-order valence-electron chi connectivity index (χ2n) is 4.04. The Bertz CT molecular complexity index is 408. The molecule has 0 radical (unpaired) electrons. The summed E-state index contributed by atoms with van der Waals surface area (Å²) in [6.45, 7) is 1.34. The summed E-state index contributed by atoms with van der Waals surface area (Å²) in [7, 11) is 1.58. The summed E-state index contributed by atoms with van der Waals surface area (Å²) in [6, 6.07) is 7.59. The molecule has 1 heterocycles. The lowest BCUT2D eigenvalue weighted by molar-refractivity contribution is -0.136. The van der Waals surface area contributed by atoms with E-state index in [2.05, 4.69) is 5.48 Å². The van der Waals surface area contributed by atoms with E-state index in [4.69, 9.17) is 14.3 Å². The Morgan fingerprint density at radius 2 is 2.28 bits per heavy atom. The normalized spacial score (nSPS) is 17.7. The van der Waals surface area contributed by atoms with Crippen LogP contribution in [0.3, 0.4) is 0 Å². The molecular weight excluding hydrogens is 234 g/mol. The number of ether oxygens (including phenoxy) is 2. The Labute approximate surface area is 106 Å². The zero-order valence-corrected chi connectivity index (χ0v) is 10.3. The number of carbonyl (C=O) groups is 1. The fraction of sp³-hybridized carbons (Fsp3) is 0.462. The SMILES string of the molecule is COCCONC(=O)C1CCOc2ccccc21. The van der Waals surface area contributed by atoms with Gasteiger partial charge in [-0.25, -0.2) is 5.48 Å². The maximum absolute atomic E-state index is 12.0. The molecule has 1 atom stereocenters. The Morgan fingerprint density at radius 1 is 1.44 bits per heavy atom. The van der Waals surface area contributed by atoms with Gasteiger partial charge in [0.1, 0.15) is 5.75 Å². The third-order valence-electron chi connectivity index (χ3n) is 2.84. The van der Waals surface area contributed by atoms with Gasteiger partial charge in [0.15, 0.2) is 0 Å². The van der Waals surface area contributed by atoms with Gasteiger partial charge < -0.3 is 9.47 Å². The van der Waals surface area contributed by atoms with E-state index < -0.39 is 0 Å². The van der Waals surface area contributed by atoms with Crippen LogP contribution in [0.5, 0.6) is 5.75 Å². The first kappa shape index (κ1) is 12.9. The summed E-state index contributed by atoms with van der Waals surface area (Å²) in [5.41, 5.74) is 3.37. The van der Waals surface area contributed by atoms with Crippen molar-refractivity contribution in [2.75, 3.05) is 26.9 Å². The van der Waals surface area contributed by atoms with Crippen LogP contribution in [0, 0.1) is 0 Å². The molecule has 5 heteroatoms. The third-order valence-corrected chi connectivity index (χ3v) is 2.84. The van der Waals surface area contributed by atoms with Crippen molar-refractivity contribution in [1.82, 2.24) is 5.48 Å². The summed E-state index contributed by atoms with van der Waals surface area (Å²) in [5.74, 6) is 0.431. The quantitative estimate of drug-likeness (QED) is 0.632. The smallest absolute Gasteiger partial charge is 0.251 e. The minimum Gasteiger partial charge on any atom is -0.493 e. The van der Waals surface area contributed by atoms with Gasteiger partial charge in [-0.3, -0.25) is 9.63 Å². The van der Waals surface area contributed by atoms with E-state index >= 15 is 0 Å². The van der Waals surface area contributed by atoms with E-state index in [0.717, 1.165) is 11.3 Å². The molecule has 0 spiro atoms. The van der Waals surface area contributed by atoms with E-state index in [1.165, 1.54) is 0 Å². The second kappa shape index (κ2) is 6.37. The van der Waals surface area contributed by atoms with Crippen LogP contribution in [0.1, 0.15) is 17.9 Å². The van der Waals surface area contributed by atoms with Gasteiger partial charge in [-0.15, -0.1) is 0 Å². The highest BCUT2D eigenvalue weighted by atomic mass is 16.7.